The van der Waals surface area contributed by atoms with Crippen molar-refractivity contribution in [1.29, 1.82) is 0 Å². The van der Waals surface area contributed by atoms with Crippen LogP contribution in [0.3, 0.4) is 0 Å². The summed E-state index contributed by atoms with van der Waals surface area (Å²) in [6, 6.07) is 10.9. The van der Waals surface area contributed by atoms with E-state index in [0.29, 0.717) is 23.5 Å². The Morgan fingerprint density at radius 3 is 2.40 bits per heavy atom. The number of ketones is 1. The number of Topliss-reactive ketones (excluding diaryl/α,β-unsaturated/α-hetero) is 1. The third-order valence-electron chi connectivity index (χ3n) is 4.78. The summed E-state index contributed by atoms with van der Waals surface area (Å²) in [5.41, 5.74) is 0.749. The van der Waals surface area contributed by atoms with Crippen molar-refractivity contribution in [2.24, 2.45) is 0 Å². The number of rotatable bonds is 8. The molecule has 1 heterocycles. The minimum Gasteiger partial charge on any atom is -0.507 e. The molecule has 156 valence electrons. The monoisotopic (exact) mass is 411 g/mol. The van der Waals surface area contributed by atoms with E-state index < -0.39 is 23.5 Å². The van der Waals surface area contributed by atoms with Crippen molar-refractivity contribution in [2.75, 3.05) is 19.8 Å². The van der Waals surface area contributed by atoms with Crippen molar-refractivity contribution in [1.82, 2.24) is 4.90 Å². The highest BCUT2D eigenvalue weighted by atomic mass is 19.1. The maximum Gasteiger partial charge on any atom is 0.295 e. The molecule has 1 fully saturated rings. The molecule has 0 spiro atoms. The van der Waals surface area contributed by atoms with Gasteiger partial charge < -0.3 is 19.8 Å². The Morgan fingerprint density at radius 1 is 1.13 bits per heavy atom. The van der Waals surface area contributed by atoms with Crippen LogP contribution in [0.2, 0.25) is 0 Å². The molecule has 7 heteroatoms. The van der Waals surface area contributed by atoms with E-state index in [1.165, 1.54) is 29.2 Å². The summed E-state index contributed by atoms with van der Waals surface area (Å²) in [5, 5.41) is 20.1. The number of amides is 1. The maximum atomic E-state index is 13.4. The molecular formula is C23H22FNO5. The molecule has 6 nitrogen and oxygen atoms in total. The van der Waals surface area contributed by atoms with Crippen molar-refractivity contribution in [2.45, 2.75) is 12.5 Å². The highest BCUT2D eigenvalue weighted by Gasteiger charge is 2.45. The molecule has 0 bridgehead atoms. The lowest BCUT2D eigenvalue weighted by atomic mass is 9.95. The fraction of sp³-hybridized carbons (Fsp3) is 0.217. The summed E-state index contributed by atoms with van der Waals surface area (Å²) in [7, 11) is 0. The number of likely N-dealkylation sites (tertiary alicyclic amines) is 1. The van der Waals surface area contributed by atoms with Gasteiger partial charge in [-0.25, -0.2) is 4.39 Å². The molecule has 0 saturated carbocycles. The topological polar surface area (TPSA) is 87.1 Å². The summed E-state index contributed by atoms with van der Waals surface area (Å²) in [5.74, 6) is -1.83. The minimum atomic E-state index is -0.881. The number of hydrogen-bond acceptors (Lipinski definition) is 5. The van der Waals surface area contributed by atoms with Crippen LogP contribution in [0.1, 0.15) is 23.6 Å². The standard InChI is InChI=1S/C23H22FNO5/c1-2-14-30-18-10-6-16(7-11-18)21(27)19-20(15-4-8-17(24)9-5-15)25(12-3-13-26)23(29)22(19)28/h2,4-11,20,26-27H,1,3,12-14H2/t20-/m0/s1. The lowest BCUT2D eigenvalue weighted by Gasteiger charge is -2.25. The number of nitrogens with zero attached hydrogens (tertiary/aromatic N) is 1. The summed E-state index contributed by atoms with van der Waals surface area (Å²) < 4.78 is 18.8. The third-order valence-corrected chi connectivity index (χ3v) is 4.78. The lowest BCUT2D eigenvalue weighted by molar-refractivity contribution is -0.140. The van der Waals surface area contributed by atoms with Gasteiger partial charge in [0, 0.05) is 18.7 Å². The Balaban J connectivity index is 2.05. The van der Waals surface area contributed by atoms with E-state index in [2.05, 4.69) is 6.58 Å². The summed E-state index contributed by atoms with van der Waals surface area (Å²) >= 11 is 0. The summed E-state index contributed by atoms with van der Waals surface area (Å²) in [6.45, 7) is 3.86. The van der Waals surface area contributed by atoms with Gasteiger partial charge in [-0.15, -0.1) is 0 Å². The van der Waals surface area contributed by atoms with Crippen LogP contribution < -0.4 is 4.74 Å². The zero-order valence-corrected chi connectivity index (χ0v) is 16.3. The Hall–Kier alpha value is -3.45. The molecule has 0 unspecified atom stereocenters. The number of carbonyl (C=O) groups is 2. The number of aliphatic hydroxyl groups is 2. The van der Waals surface area contributed by atoms with Crippen molar-refractivity contribution in [3.05, 3.63) is 83.7 Å². The first-order chi connectivity index (χ1) is 14.5. The number of carbonyl (C=O) groups excluding carboxylic acids is 2. The summed E-state index contributed by atoms with van der Waals surface area (Å²) in [6.07, 6.45) is 1.87. The maximum absolute atomic E-state index is 13.4. The molecule has 2 N–H and O–H groups in total. The number of ether oxygens (including phenoxy) is 1. The van der Waals surface area contributed by atoms with E-state index in [9.17, 15) is 19.1 Å². The van der Waals surface area contributed by atoms with Crippen molar-refractivity contribution in [3.63, 3.8) is 0 Å². The Bertz CT molecular complexity index is 966. The van der Waals surface area contributed by atoms with Crippen LogP contribution in [0.25, 0.3) is 5.76 Å². The number of benzene rings is 2. The lowest BCUT2D eigenvalue weighted by Crippen LogP contribution is -2.31. The Kier molecular flexibility index (Phi) is 6.64. The second-order valence-electron chi connectivity index (χ2n) is 6.75. The van der Waals surface area contributed by atoms with E-state index in [4.69, 9.17) is 9.84 Å². The van der Waals surface area contributed by atoms with Gasteiger partial charge >= 0.3 is 0 Å². The number of aliphatic hydroxyl groups excluding tert-OH is 2. The summed E-state index contributed by atoms with van der Waals surface area (Å²) in [4.78, 5) is 26.7. The molecule has 1 aliphatic heterocycles. The van der Waals surface area contributed by atoms with E-state index in [-0.39, 0.29) is 30.9 Å². The van der Waals surface area contributed by atoms with Crippen LogP contribution in [-0.4, -0.2) is 46.6 Å². The van der Waals surface area contributed by atoms with Gasteiger partial charge in [-0.3, -0.25) is 9.59 Å². The van der Waals surface area contributed by atoms with E-state index >= 15 is 0 Å². The van der Waals surface area contributed by atoms with Crippen LogP contribution in [0, 0.1) is 5.82 Å². The predicted octanol–water partition coefficient (Wildman–Crippen LogP) is 3.19. The molecule has 0 aromatic heterocycles. The zero-order valence-electron chi connectivity index (χ0n) is 16.3. The van der Waals surface area contributed by atoms with E-state index in [1.54, 1.807) is 30.3 Å². The van der Waals surface area contributed by atoms with Crippen molar-refractivity contribution in [3.8, 4) is 5.75 Å². The highest BCUT2D eigenvalue weighted by Crippen LogP contribution is 2.39. The van der Waals surface area contributed by atoms with Gasteiger partial charge in [0.15, 0.2) is 0 Å². The molecule has 2 aromatic carbocycles. The molecule has 1 saturated heterocycles. The third kappa shape index (κ3) is 4.26. The van der Waals surface area contributed by atoms with Gasteiger partial charge in [-0.1, -0.05) is 24.8 Å². The molecule has 2 aromatic rings. The van der Waals surface area contributed by atoms with Gasteiger partial charge in [-0.05, 0) is 48.4 Å². The van der Waals surface area contributed by atoms with Gasteiger partial charge in [0.25, 0.3) is 11.7 Å². The molecule has 1 amide bonds. The van der Waals surface area contributed by atoms with Crippen LogP contribution in [0.4, 0.5) is 4.39 Å². The van der Waals surface area contributed by atoms with Crippen LogP contribution in [0.15, 0.2) is 66.8 Å². The smallest absolute Gasteiger partial charge is 0.295 e. The largest absolute Gasteiger partial charge is 0.507 e. The van der Waals surface area contributed by atoms with Crippen LogP contribution >= 0.6 is 0 Å². The number of halogens is 1. The van der Waals surface area contributed by atoms with E-state index in [1.807, 2.05) is 0 Å². The number of hydrogen-bond donors (Lipinski definition) is 2. The van der Waals surface area contributed by atoms with E-state index in [0.717, 1.165) is 0 Å². The van der Waals surface area contributed by atoms with Gasteiger partial charge in [-0.2, -0.15) is 0 Å². The second-order valence-corrected chi connectivity index (χ2v) is 6.75. The first-order valence-electron chi connectivity index (χ1n) is 9.46. The minimum absolute atomic E-state index is 0.0793. The average molecular weight is 411 g/mol. The van der Waals surface area contributed by atoms with Gasteiger partial charge in [0.05, 0.1) is 11.6 Å². The van der Waals surface area contributed by atoms with Gasteiger partial charge in [0.2, 0.25) is 0 Å². The molecule has 30 heavy (non-hydrogen) atoms. The molecule has 0 aliphatic carbocycles. The van der Waals surface area contributed by atoms with Gasteiger partial charge in [0.1, 0.15) is 23.9 Å². The van der Waals surface area contributed by atoms with Crippen molar-refractivity contribution < 1.29 is 28.9 Å². The first-order valence-corrected chi connectivity index (χ1v) is 9.46. The Labute approximate surface area is 173 Å². The predicted molar refractivity (Wildman–Crippen MR) is 109 cm³/mol. The normalized spacial score (nSPS) is 17.9. The Morgan fingerprint density at radius 2 is 1.80 bits per heavy atom. The molecule has 1 aliphatic rings. The van der Waals surface area contributed by atoms with Crippen LogP contribution in [0.5, 0.6) is 5.75 Å². The molecule has 3 rings (SSSR count). The average Bonchev–Trinajstić information content (AvgIpc) is 3.01. The fourth-order valence-corrected chi connectivity index (χ4v) is 3.36. The molecular weight excluding hydrogens is 389 g/mol. The molecule has 1 atom stereocenters. The fourth-order valence-electron chi connectivity index (χ4n) is 3.36. The zero-order chi connectivity index (χ0) is 21.7. The van der Waals surface area contributed by atoms with Crippen molar-refractivity contribution >= 4 is 17.4 Å². The quantitative estimate of drug-likeness (QED) is 0.302. The highest BCUT2D eigenvalue weighted by molar-refractivity contribution is 6.46. The molecule has 0 radical (unpaired) electrons. The second kappa shape index (κ2) is 9.37. The van der Waals surface area contributed by atoms with Crippen LogP contribution in [-0.2, 0) is 9.59 Å². The first kappa shape index (κ1) is 21.3. The SMILES string of the molecule is C=CCOc1ccc(C(O)=C2C(=O)C(=O)N(CCCO)[C@H]2c2ccc(F)cc2)cc1.